The molecule has 2 heterocycles. The van der Waals surface area contributed by atoms with Gasteiger partial charge in [0.25, 0.3) is 0 Å². The van der Waals surface area contributed by atoms with Crippen LogP contribution in [0.3, 0.4) is 0 Å². The number of nitrogens with zero attached hydrogens (tertiary/aromatic N) is 3. The molecule has 9 nitrogen and oxygen atoms in total. The minimum Gasteiger partial charge on any atom is -0.494 e. The summed E-state index contributed by atoms with van der Waals surface area (Å²) < 4.78 is 11.1. The maximum absolute atomic E-state index is 12.9. The van der Waals surface area contributed by atoms with Crippen LogP contribution in [0.5, 0.6) is 5.75 Å². The molecule has 1 atom stereocenters. The fourth-order valence-electron chi connectivity index (χ4n) is 3.90. The maximum atomic E-state index is 12.9. The SMILES string of the molecule is CC(=O)OC(C)N(C(=O)CCCOc1ccc2c(c1)CN1CC(=O)NC1=N2)c1ccccc1. The van der Waals surface area contributed by atoms with Crippen LogP contribution in [0.2, 0.25) is 0 Å². The van der Waals surface area contributed by atoms with Crippen LogP contribution in [0.1, 0.15) is 32.3 Å². The molecule has 0 saturated carbocycles. The number of amides is 2. The third-order valence-corrected chi connectivity index (χ3v) is 5.33. The van der Waals surface area contributed by atoms with Gasteiger partial charge in [0.2, 0.25) is 17.8 Å². The molecule has 1 unspecified atom stereocenters. The van der Waals surface area contributed by atoms with Crippen LogP contribution in [0.25, 0.3) is 0 Å². The smallest absolute Gasteiger partial charge is 0.304 e. The van der Waals surface area contributed by atoms with Gasteiger partial charge >= 0.3 is 5.97 Å². The zero-order valence-electron chi connectivity index (χ0n) is 18.6. The first kappa shape index (κ1) is 22.3. The molecule has 1 N–H and O–H groups in total. The lowest BCUT2D eigenvalue weighted by Crippen LogP contribution is -2.41. The van der Waals surface area contributed by atoms with Crippen molar-refractivity contribution in [3.8, 4) is 5.75 Å². The van der Waals surface area contributed by atoms with E-state index in [9.17, 15) is 14.4 Å². The average molecular weight is 450 g/mol. The van der Waals surface area contributed by atoms with E-state index in [1.807, 2.05) is 41.3 Å². The Kier molecular flexibility index (Phi) is 6.58. The van der Waals surface area contributed by atoms with Gasteiger partial charge in [0.15, 0.2) is 6.23 Å². The predicted molar refractivity (Wildman–Crippen MR) is 122 cm³/mol. The minimum absolute atomic E-state index is 0.0599. The van der Waals surface area contributed by atoms with Crippen molar-refractivity contribution < 1.29 is 23.9 Å². The Balaban J connectivity index is 1.33. The standard InChI is InChI=1S/C24H26N4O5/c1-16(33-17(2)29)28(19-7-4-3-5-8-19)23(31)9-6-12-32-20-10-11-21-18(13-20)14-27-15-22(30)26-24(27)25-21/h3-5,7-8,10-11,13,16H,6,9,12,14-15H2,1-2H3,(H,25,26,30). The van der Waals surface area contributed by atoms with Crippen molar-refractivity contribution in [2.24, 2.45) is 4.99 Å². The van der Waals surface area contributed by atoms with Gasteiger partial charge in [-0.2, -0.15) is 0 Å². The van der Waals surface area contributed by atoms with Gasteiger partial charge in [-0.05, 0) is 43.7 Å². The topological polar surface area (TPSA) is 101 Å². The van der Waals surface area contributed by atoms with Crippen LogP contribution in [0.15, 0.2) is 53.5 Å². The van der Waals surface area contributed by atoms with E-state index in [4.69, 9.17) is 9.47 Å². The van der Waals surface area contributed by atoms with Crippen molar-refractivity contribution in [1.29, 1.82) is 0 Å². The van der Waals surface area contributed by atoms with Gasteiger partial charge in [-0.3, -0.25) is 24.6 Å². The number of esters is 1. The second kappa shape index (κ2) is 9.72. The van der Waals surface area contributed by atoms with Gasteiger partial charge in [-0.1, -0.05) is 18.2 Å². The van der Waals surface area contributed by atoms with Crippen LogP contribution in [0, 0.1) is 0 Å². The first-order chi connectivity index (χ1) is 15.9. The number of para-hydroxylation sites is 1. The third-order valence-electron chi connectivity index (χ3n) is 5.33. The van der Waals surface area contributed by atoms with Crippen LogP contribution in [-0.2, 0) is 25.7 Å². The normalized spacial score (nSPS) is 15.0. The summed E-state index contributed by atoms with van der Waals surface area (Å²) in [6, 6.07) is 14.7. The molecule has 2 aromatic carbocycles. The number of fused-ring (bicyclic) bond motifs is 2. The van der Waals surface area contributed by atoms with Gasteiger partial charge in [0, 0.05) is 31.1 Å². The maximum Gasteiger partial charge on any atom is 0.304 e. The first-order valence-corrected chi connectivity index (χ1v) is 10.8. The summed E-state index contributed by atoms with van der Waals surface area (Å²) in [6.07, 6.45) is 0.0240. The van der Waals surface area contributed by atoms with Crippen LogP contribution in [-0.4, -0.2) is 48.0 Å². The molecule has 2 amide bonds. The number of carbonyl (C=O) groups excluding carboxylic acids is 3. The molecule has 2 aliphatic rings. The molecular formula is C24H26N4O5. The fraction of sp³-hybridized carbons (Fsp3) is 0.333. The molecule has 2 aromatic rings. The lowest BCUT2D eigenvalue weighted by Gasteiger charge is -2.28. The first-order valence-electron chi connectivity index (χ1n) is 10.8. The second-order valence-corrected chi connectivity index (χ2v) is 7.89. The molecule has 0 spiro atoms. The number of nitrogens with one attached hydrogen (secondary N) is 1. The predicted octanol–water partition coefficient (Wildman–Crippen LogP) is 2.72. The van der Waals surface area contributed by atoms with E-state index in [1.54, 1.807) is 19.1 Å². The number of benzene rings is 2. The molecule has 33 heavy (non-hydrogen) atoms. The number of hydrogen-bond donors (Lipinski definition) is 1. The summed E-state index contributed by atoms with van der Waals surface area (Å²) >= 11 is 0. The van der Waals surface area contributed by atoms with Crippen molar-refractivity contribution >= 4 is 35.1 Å². The summed E-state index contributed by atoms with van der Waals surface area (Å²) in [5.74, 6) is 0.613. The van der Waals surface area contributed by atoms with Crippen LogP contribution < -0.4 is 15.0 Å². The van der Waals surface area contributed by atoms with Crippen LogP contribution in [0.4, 0.5) is 11.4 Å². The highest BCUT2D eigenvalue weighted by atomic mass is 16.6. The molecule has 0 bridgehead atoms. The van der Waals surface area contributed by atoms with Crippen molar-refractivity contribution in [3.63, 3.8) is 0 Å². The molecule has 9 heteroatoms. The second-order valence-electron chi connectivity index (χ2n) is 7.89. The van der Waals surface area contributed by atoms with E-state index in [2.05, 4.69) is 10.3 Å². The highest BCUT2D eigenvalue weighted by Gasteiger charge is 2.29. The van der Waals surface area contributed by atoms with E-state index in [0.717, 1.165) is 11.3 Å². The lowest BCUT2D eigenvalue weighted by molar-refractivity contribution is -0.146. The molecule has 0 aromatic heterocycles. The molecule has 172 valence electrons. The summed E-state index contributed by atoms with van der Waals surface area (Å²) in [6.45, 7) is 4.24. The monoisotopic (exact) mass is 450 g/mol. The quantitative estimate of drug-likeness (QED) is 0.377. The number of carbonyl (C=O) groups is 3. The zero-order chi connectivity index (χ0) is 23.4. The summed E-state index contributed by atoms with van der Waals surface area (Å²) in [5.41, 5.74) is 2.46. The van der Waals surface area contributed by atoms with Crippen molar-refractivity contribution in [2.75, 3.05) is 18.1 Å². The molecular weight excluding hydrogens is 424 g/mol. The number of rotatable bonds is 8. The van der Waals surface area contributed by atoms with Gasteiger partial charge in [-0.25, -0.2) is 4.99 Å². The van der Waals surface area contributed by atoms with E-state index in [0.29, 0.717) is 43.5 Å². The number of hydrogen-bond acceptors (Lipinski definition) is 7. The number of anilines is 1. The Bertz CT molecular complexity index is 1090. The lowest BCUT2D eigenvalue weighted by atomic mass is 10.1. The summed E-state index contributed by atoms with van der Waals surface area (Å²) in [5, 5.41) is 2.75. The Morgan fingerprint density at radius 3 is 2.73 bits per heavy atom. The summed E-state index contributed by atoms with van der Waals surface area (Å²) in [7, 11) is 0. The van der Waals surface area contributed by atoms with Gasteiger partial charge in [-0.15, -0.1) is 0 Å². The Hall–Kier alpha value is -3.88. The van der Waals surface area contributed by atoms with E-state index in [1.165, 1.54) is 11.8 Å². The Morgan fingerprint density at radius 1 is 1.18 bits per heavy atom. The molecule has 4 rings (SSSR count). The van der Waals surface area contributed by atoms with Crippen molar-refractivity contribution in [3.05, 3.63) is 54.1 Å². The van der Waals surface area contributed by atoms with Gasteiger partial charge in [0.05, 0.1) is 12.3 Å². The Labute approximate surface area is 192 Å². The molecule has 1 fully saturated rings. The highest BCUT2D eigenvalue weighted by Crippen LogP contribution is 2.30. The number of ether oxygens (including phenoxy) is 2. The van der Waals surface area contributed by atoms with E-state index >= 15 is 0 Å². The average Bonchev–Trinajstić information content (AvgIpc) is 3.14. The molecule has 2 aliphatic heterocycles. The van der Waals surface area contributed by atoms with E-state index in [-0.39, 0.29) is 18.2 Å². The number of aliphatic imine (C=N–C) groups is 1. The molecule has 0 aliphatic carbocycles. The fourth-order valence-corrected chi connectivity index (χ4v) is 3.90. The highest BCUT2D eigenvalue weighted by molar-refractivity contribution is 6.05. The summed E-state index contributed by atoms with van der Waals surface area (Å²) in [4.78, 5) is 43.7. The minimum atomic E-state index is -0.712. The molecule has 1 saturated heterocycles. The van der Waals surface area contributed by atoms with Crippen LogP contribution >= 0.6 is 0 Å². The van der Waals surface area contributed by atoms with E-state index < -0.39 is 12.2 Å². The van der Waals surface area contributed by atoms with Gasteiger partial charge < -0.3 is 14.4 Å². The van der Waals surface area contributed by atoms with Crippen molar-refractivity contribution in [2.45, 2.75) is 39.5 Å². The largest absolute Gasteiger partial charge is 0.494 e. The molecule has 0 radical (unpaired) electrons. The number of guanidine groups is 1. The van der Waals surface area contributed by atoms with Crippen molar-refractivity contribution in [1.82, 2.24) is 10.2 Å². The zero-order valence-corrected chi connectivity index (χ0v) is 18.6. The Morgan fingerprint density at radius 2 is 1.97 bits per heavy atom. The third kappa shape index (κ3) is 5.31. The van der Waals surface area contributed by atoms with Gasteiger partial charge in [0.1, 0.15) is 12.3 Å².